The number of carbonyl (C=O) groups is 1. The molecule has 1 atom stereocenters. The number of nitrogens with two attached hydrogens (primary N) is 1. The fourth-order valence-corrected chi connectivity index (χ4v) is 2.01. The van der Waals surface area contributed by atoms with Crippen LogP contribution in [0.2, 0.25) is 0 Å². The molecule has 0 saturated carbocycles. The Morgan fingerprint density at radius 2 is 1.75 bits per heavy atom. The highest BCUT2D eigenvalue weighted by Crippen LogP contribution is 2.30. The van der Waals surface area contributed by atoms with Gasteiger partial charge in [0.2, 0.25) is 5.91 Å². The van der Waals surface area contributed by atoms with Gasteiger partial charge in [-0.2, -0.15) is 0 Å². The second kappa shape index (κ2) is 5.13. The first-order valence-electron chi connectivity index (χ1n) is 6.58. The molecule has 4 N–H and O–H groups in total. The quantitative estimate of drug-likeness (QED) is 0.787. The molecule has 0 saturated heterocycles. The predicted octanol–water partition coefficient (Wildman–Crippen LogP) is 2.86. The highest BCUT2D eigenvalue weighted by atomic mass is 16.3. The molecule has 0 spiro atoms. The van der Waals surface area contributed by atoms with Gasteiger partial charge in [0.25, 0.3) is 0 Å². The number of rotatable bonds is 2. The number of aromatic hydroxyl groups is 1. The number of fused-ring (bicyclic) bond motifs is 1. The Bertz CT molecular complexity index is 644. The van der Waals surface area contributed by atoms with Crippen molar-refractivity contribution in [2.75, 3.05) is 5.32 Å². The van der Waals surface area contributed by atoms with Crippen LogP contribution in [0.4, 0.5) is 5.69 Å². The first-order chi connectivity index (χ1) is 9.30. The summed E-state index contributed by atoms with van der Waals surface area (Å²) >= 11 is 0. The van der Waals surface area contributed by atoms with Crippen molar-refractivity contribution in [3.63, 3.8) is 0 Å². The van der Waals surface area contributed by atoms with Crippen molar-refractivity contribution in [2.24, 2.45) is 11.1 Å². The molecular weight excluding hydrogens is 252 g/mol. The van der Waals surface area contributed by atoms with Crippen LogP contribution in [0.5, 0.6) is 5.75 Å². The van der Waals surface area contributed by atoms with E-state index >= 15 is 0 Å². The molecule has 1 amide bonds. The summed E-state index contributed by atoms with van der Waals surface area (Å²) in [6.45, 7) is 5.77. The topological polar surface area (TPSA) is 75.4 Å². The standard InChI is InChI=1S/C16H20N2O2/c1-16(2,3)14(17)15(20)18-12-8-4-7-11-10(12)6-5-9-13(11)19/h4-9,14,19H,17H2,1-3H3,(H,18,20). The van der Waals surface area contributed by atoms with E-state index in [4.69, 9.17) is 5.73 Å². The summed E-state index contributed by atoms with van der Waals surface area (Å²) in [5, 5.41) is 14.2. The van der Waals surface area contributed by atoms with Gasteiger partial charge in [0.15, 0.2) is 0 Å². The van der Waals surface area contributed by atoms with Crippen LogP contribution in [-0.4, -0.2) is 17.1 Å². The third-order valence-electron chi connectivity index (χ3n) is 3.37. The molecule has 20 heavy (non-hydrogen) atoms. The highest BCUT2D eigenvalue weighted by molar-refractivity contribution is 6.05. The molecule has 0 fully saturated rings. The summed E-state index contributed by atoms with van der Waals surface area (Å²) in [5.74, 6) is -0.0351. The number of hydrogen-bond donors (Lipinski definition) is 3. The van der Waals surface area contributed by atoms with E-state index in [-0.39, 0.29) is 17.1 Å². The lowest BCUT2D eigenvalue weighted by atomic mass is 9.87. The minimum absolute atomic E-state index is 0.193. The molecule has 0 aliphatic carbocycles. The Hall–Kier alpha value is -2.07. The van der Waals surface area contributed by atoms with Gasteiger partial charge in [-0.25, -0.2) is 0 Å². The third-order valence-corrected chi connectivity index (χ3v) is 3.37. The van der Waals surface area contributed by atoms with Gasteiger partial charge in [0.1, 0.15) is 5.75 Å². The van der Waals surface area contributed by atoms with Crippen molar-refractivity contribution >= 4 is 22.4 Å². The Labute approximate surface area is 118 Å². The maximum absolute atomic E-state index is 12.2. The molecule has 2 rings (SSSR count). The minimum Gasteiger partial charge on any atom is -0.507 e. The van der Waals surface area contributed by atoms with Gasteiger partial charge in [-0.05, 0) is 17.5 Å². The zero-order chi connectivity index (χ0) is 14.9. The van der Waals surface area contributed by atoms with Crippen LogP contribution in [0.3, 0.4) is 0 Å². The third kappa shape index (κ3) is 2.75. The van der Waals surface area contributed by atoms with Gasteiger partial charge >= 0.3 is 0 Å². The van der Waals surface area contributed by atoms with Gasteiger partial charge in [0.05, 0.1) is 6.04 Å². The van der Waals surface area contributed by atoms with Gasteiger partial charge in [-0.15, -0.1) is 0 Å². The summed E-state index contributed by atoms with van der Waals surface area (Å²) in [5.41, 5.74) is 6.30. The molecule has 1 unspecified atom stereocenters. The van der Waals surface area contributed by atoms with E-state index in [1.54, 1.807) is 24.3 Å². The van der Waals surface area contributed by atoms with E-state index in [2.05, 4.69) is 5.32 Å². The van der Waals surface area contributed by atoms with Crippen molar-refractivity contribution < 1.29 is 9.90 Å². The summed E-state index contributed by atoms with van der Waals surface area (Å²) < 4.78 is 0. The Morgan fingerprint density at radius 3 is 2.40 bits per heavy atom. The molecule has 2 aromatic rings. The summed E-state index contributed by atoms with van der Waals surface area (Å²) in [6.07, 6.45) is 0. The number of hydrogen-bond acceptors (Lipinski definition) is 3. The maximum atomic E-state index is 12.2. The summed E-state index contributed by atoms with van der Waals surface area (Å²) in [7, 11) is 0. The molecular formula is C16H20N2O2. The fraction of sp³-hybridized carbons (Fsp3) is 0.312. The van der Waals surface area contributed by atoms with E-state index in [9.17, 15) is 9.90 Å². The van der Waals surface area contributed by atoms with E-state index < -0.39 is 6.04 Å². The number of amides is 1. The second-order valence-corrected chi connectivity index (χ2v) is 6.01. The number of carbonyl (C=O) groups excluding carboxylic acids is 1. The zero-order valence-electron chi connectivity index (χ0n) is 12.0. The van der Waals surface area contributed by atoms with Crippen molar-refractivity contribution in [1.82, 2.24) is 0 Å². The van der Waals surface area contributed by atoms with Crippen LogP contribution in [0.25, 0.3) is 10.8 Å². The van der Waals surface area contributed by atoms with Gasteiger partial charge in [0, 0.05) is 16.5 Å². The number of phenolic OH excluding ortho intramolecular Hbond substituents is 1. The molecule has 2 aromatic carbocycles. The van der Waals surface area contributed by atoms with Crippen LogP contribution >= 0.6 is 0 Å². The highest BCUT2D eigenvalue weighted by Gasteiger charge is 2.27. The molecule has 4 heteroatoms. The fourth-order valence-electron chi connectivity index (χ4n) is 2.01. The average Bonchev–Trinajstić information content (AvgIpc) is 2.38. The van der Waals surface area contributed by atoms with Gasteiger partial charge in [-0.3, -0.25) is 4.79 Å². The molecule has 0 bridgehead atoms. The molecule has 0 aromatic heterocycles. The number of anilines is 1. The van der Waals surface area contributed by atoms with E-state index in [0.29, 0.717) is 11.1 Å². The molecule has 0 aliphatic rings. The Balaban J connectivity index is 2.36. The number of benzene rings is 2. The van der Waals surface area contributed by atoms with Crippen molar-refractivity contribution in [2.45, 2.75) is 26.8 Å². The number of phenols is 1. The largest absolute Gasteiger partial charge is 0.507 e. The average molecular weight is 272 g/mol. The molecule has 106 valence electrons. The van der Waals surface area contributed by atoms with Crippen molar-refractivity contribution in [3.8, 4) is 5.75 Å². The Kier molecular flexibility index (Phi) is 3.68. The molecule has 4 nitrogen and oxygen atoms in total. The monoisotopic (exact) mass is 272 g/mol. The summed E-state index contributed by atoms with van der Waals surface area (Å²) in [4.78, 5) is 12.2. The molecule has 0 radical (unpaired) electrons. The normalized spacial score (nSPS) is 13.2. The lowest BCUT2D eigenvalue weighted by Crippen LogP contribution is -2.45. The van der Waals surface area contributed by atoms with Crippen LogP contribution in [0.1, 0.15) is 20.8 Å². The lowest BCUT2D eigenvalue weighted by molar-refractivity contribution is -0.119. The van der Waals surface area contributed by atoms with Gasteiger partial charge < -0.3 is 16.2 Å². The van der Waals surface area contributed by atoms with Crippen molar-refractivity contribution in [1.29, 1.82) is 0 Å². The van der Waals surface area contributed by atoms with Crippen LogP contribution in [0.15, 0.2) is 36.4 Å². The Morgan fingerprint density at radius 1 is 1.15 bits per heavy atom. The van der Waals surface area contributed by atoms with E-state index in [1.807, 2.05) is 32.9 Å². The minimum atomic E-state index is -0.602. The van der Waals surface area contributed by atoms with Crippen LogP contribution in [0, 0.1) is 5.41 Å². The first-order valence-corrected chi connectivity index (χ1v) is 6.58. The first kappa shape index (κ1) is 14.3. The molecule has 0 heterocycles. The van der Waals surface area contributed by atoms with Crippen molar-refractivity contribution in [3.05, 3.63) is 36.4 Å². The van der Waals surface area contributed by atoms with Crippen LogP contribution < -0.4 is 11.1 Å². The zero-order valence-corrected chi connectivity index (χ0v) is 12.0. The number of nitrogens with one attached hydrogen (secondary N) is 1. The van der Waals surface area contributed by atoms with E-state index in [0.717, 1.165) is 5.39 Å². The van der Waals surface area contributed by atoms with E-state index in [1.165, 1.54) is 0 Å². The summed E-state index contributed by atoms with van der Waals surface area (Å²) in [6, 6.07) is 10.0. The lowest BCUT2D eigenvalue weighted by Gasteiger charge is -2.26. The predicted molar refractivity (Wildman–Crippen MR) is 81.7 cm³/mol. The molecule has 0 aliphatic heterocycles. The van der Waals surface area contributed by atoms with Gasteiger partial charge in [-0.1, -0.05) is 45.0 Å². The smallest absolute Gasteiger partial charge is 0.241 e. The second-order valence-electron chi connectivity index (χ2n) is 6.01. The van der Waals surface area contributed by atoms with Crippen LogP contribution in [-0.2, 0) is 4.79 Å². The SMILES string of the molecule is CC(C)(C)C(N)C(=O)Nc1cccc2c(O)cccc12. The maximum Gasteiger partial charge on any atom is 0.241 e.